The number of hydrogen-bond donors (Lipinski definition) is 4. The highest BCUT2D eigenvalue weighted by molar-refractivity contribution is 7.10. The smallest absolute Gasteiger partial charge is 0.251 e. The third-order valence-corrected chi connectivity index (χ3v) is 7.81. The molecule has 2 aromatic carbocycles. The second-order valence-corrected chi connectivity index (χ2v) is 10.7. The monoisotopic (exact) mass is 583 g/mol. The second-order valence-electron chi connectivity index (χ2n) is 9.70. The number of rotatable bonds is 8. The fourth-order valence-electron chi connectivity index (χ4n) is 4.84. The molecule has 3 aromatic rings. The Morgan fingerprint density at radius 2 is 1.68 bits per heavy atom. The first-order chi connectivity index (χ1) is 19.6. The number of benzene rings is 2. The molecule has 5 N–H and O–H groups in total. The molecule has 0 radical (unpaired) electrons. The number of carbonyl (C=O) groups is 3. The van der Waals surface area contributed by atoms with Gasteiger partial charge in [0.2, 0.25) is 11.8 Å². The van der Waals surface area contributed by atoms with Crippen molar-refractivity contribution in [1.82, 2.24) is 15.5 Å². The maximum atomic E-state index is 13.6. The molecule has 1 aromatic heterocycles. The minimum atomic E-state index is -1.08. The number of hydrogen-bond acceptors (Lipinski definition) is 7. The van der Waals surface area contributed by atoms with Gasteiger partial charge in [0.25, 0.3) is 5.91 Å². The Balaban J connectivity index is 1.21. The molecule has 3 heterocycles. The molecule has 0 bridgehead atoms. The molecule has 2 aliphatic rings. The maximum absolute atomic E-state index is 13.6. The molecule has 0 aliphatic carbocycles. The van der Waals surface area contributed by atoms with E-state index in [4.69, 9.17) is 20.6 Å². The molecular formula is C28H27F2N5O5S. The van der Waals surface area contributed by atoms with Crippen LogP contribution in [0.4, 0.5) is 8.78 Å². The summed E-state index contributed by atoms with van der Waals surface area (Å²) in [6.07, 6.45) is 0.143. The van der Waals surface area contributed by atoms with Crippen LogP contribution in [0.15, 0.2) is 53.9 Å². The van der Waals surface area contributed by atoms with Crippen molar-refractivity contribution in [2.45, 2.75) is 24.8 Å². The molecule has 1 atom stereocenters. The van der Waals surface area contributed by atoms with Crippen LogP contribution >= 0.6 is 11.3 Å². The highest BCUT2D eigenvalue weighted by Gasteiger charge is 2.52. The van der Waals surface area contributed by atoms with Crippen LogP contribution in [0.3, 0.4) is 0 Å². The minimum absolute atomic E-state index is 0.0339. The molecule has 41 heavy (non-hydrogen) atoms. The zero-order valence-corrected chi connectivity index (χ0v) is 22.6. The molecular weight excluding hydrogens is 556 g/mol. The number of likely N-dealkylation sites (tertiary alicyclic amines) is 1. The number of nitrogens with zero attached hydrogens (tertiary/aromatic N) is 1. The van der Waals surface area contributed by atoms with E-state index in [0.29, 0.717) is 29.9 Å². The SMILES string of the molecule is N=C(N)c1csc(CNC(=O)[C@@H]2CC3(CN2C(=O)CNC(=O)c2ccc(-c4cc(F)cc(F)c4)cc2)OCCO3)c1. The van der Waals surface area contributed by atoms with E-state index in [1.54, 1.807) is 23.6 Å². The molecule has 13 heteroatoms. The summed E-state index contributed by atoms with van der Waals surface area (Å²) in [7, 11) is 0. The normalized spacial score (nSPS) is 17.5. The number of nitrogens with one attached hydrogen (secondary N) is 3. The van der Waals surface area contributed by atoms with Crippen molar-refractivity contribution >= 4 is 34.9 Å². The zero-order valence-electron chi connectivity index (χ0n) is 21.7. The van der Waals surface area contributed by atoms with E-state index in [1.165, 1.54) is 40.5 Å². The molecule has 2 fully saturated rings. The molecule has 5 rings (SSSR count). The van der Waals surface area contributed by atoms with Gasteiger partial charge in [0.1, 0.15) is 23.5 Å². The average molecular weight is 584 g/mol. The Kier molecular flexibility index (Phi) is 8.10. The number of thiophene rings is 1. The van der Waals surface area contributed by atoms with Gasteiger partial charge in [-0.15, -0.1) is 11.3 Å². The van der Waals surface area contributed by atoms with Crippen LogP contribution in [0, 0.1) is 17.0 Å². The van der Waals surface area contributed by atoms with E-state index in [9.17, 15) is 23.2 Å². The summed E-state index contributed by atoms with van der Waals surface area (Å²) in [6, 6.07) is 10.1. The van der Waals surface area contributed by atoms with Crippen LogP contribution in [-0.2, 0) is 25.6 Å². The molecule has 0 unspecified atom stereocenters. The predicted octanol–water partition coefficient (Wildman–Crippen LogP) is 2.37. The molecule has 2 aliphatic heterocycles. The lowest BCUT2D eigenvalue weighted by atomic mass is 10.0. The quantitative estimate of drug-likeness (QED) is 0.237. The Labute approximate surface area is 237 Å². The highest BCUT2D eigenvalue weighted by atomic mass is 32.1. The maximum Gasteiger partial charge on any atom is 0.251 e. The number of ether oxygens (including phenoxy) is 2. The number of amides is 3. The summed E-state index contributed by atoms with van der Waals surface area (Å²) in [6.45, 7) is 0.538. The van der Waals surface area contributed by atoms with E-state index < -0.39 is 41.2 Å². The summed E-state index contributed by atoms with van der Waals surface area (Å²) in [5, 5.41) is 14.6. The molecule has 2 saturated heterocycles. The van der Waals surface area contributed by atoms with Crippen LogP contribution < -0.4 is 16.4 Å². The van der Waals surface area contributed by atoms with E-state index in [0.717, 1.165) is 10.9 Å². The average Bonchev–Trinajstić information content (AvgIpc) is 3.70. The van der Waals surface area contributed by atoms with E-state index >= 15 is 0 Å². The van der Waals surface area contributed by atoms with Crippen molar-refractivity contribution in [3.63, 3.8) is 0 Å². The third-order valence-electron chi connectivity index (χ3n) is 6.87. The molecule has 0 saturated carbocycles. The lowest BCUT2D eigenvalue weighted by Crippen LogP contribution is -2.49. The minimum Gasteiger partial charge on any atom is -0.384 e. The first kappa shape index (κ1) is 28.3. The van der Waals surface area contributed by atoms with Gasteiger partial charge in [0, 0.05) is 33.9 Å². The van der Waals surface area contributed by atoms with Gasteiger partial charge in [0.05, 0.1) is 32.8 Å². The largest absolute Gasteiger partial charge is 0.384 e. The molecule has 1 spiro atoms. The van der Waals surface area contributed by atoms with Crippen molar-refractivity contribution < 1.29 is 32.6 Å². The number of halogens is 2. The Bertz CT molecular complexity index is 1470. The van der Waals surface area contributed by atoms with Gasteiger partial charge in [0.15, 0.2) is 5.79 Å². The highest BCUT2D eigenvalue weighted by Crippen LogP contribution is 2.35. The number of nitrogens with two attached hydrogens (primary N) is 1. The fraction of sp³-hybridized carbons (Fsp3) is 0.286. The molecule has 214 valence electrons. The van der Waals surface area contributed by atoms with Crippen molar-refractivity contribution in [2.24, 2.45) is 5.73 Å². The van der Waals surface area contributed by atoms with E-state index in [2.05, 4.69) is 10.6 Å². The molecule has 3 amide bonds. The van der Waals surface area contributed by atoms with Gasteiger partial charge in [-0.25, -0.2) is 8.78 Å². The lowest BCUT2D eigenvalue weighted by molar-refractivity contribution is -0.152. The summed E-state index contributed by atoms with van der Waals surface area (Å²) >= 11 is 1.35. The Morgan fingerprint density at radius 3 is 2.32 bits per heavy atom. The van der Waals surface area contributed by atoms with E-state index in [-0.39, 0.29) is 37.5 Å². The van der Waals surface area contributed by atoms with Crippen LogP contribution in [-0.4, -0.2) is 66.6 Å². The van der Waals surface area contributed by atoms with Gasteiger partial charge in [-0.1, -0.05) is 12.1 Å². The Morgan fingerprint density at radius 1 is 1.00 bits per heavy atom. The van der Waals surface area contributed by atoms with Gasteiger partial charge >= 0.3 is 0 Å². The summed E-state index contributed by atoms with van der Waals surface area (Å²) < 4.78 is 38.6. The van der Waals surface area contributed by atoms with Crippen molar-refractivity contribution in [2.75, 3.05) is 26.3 Å². The van der Waals surface area contributed by atoms with E-state index in [1.807, 2.05) is 0 Å². The third kappa shape index (κ3) is 6.42. The first-order valence-corrected chi connectivity index (χ1v) is 13.6. The van der Waals surface area contributed by atoms with Crippen molar-refractivity contribution in [1.29, 1.82) is 5.41 Å². The lowest BCUT2D eigenvalue weighted by Gasteiger charge is -2.24. The van der Waals surface area contributed by atoms with Crippen LogP contribution in [0.1, 0.15) is 27.2 Å². The zero-order chi connectivity index (χ0) is 29.1. The summed E-state index contributed by atoms with van der Waals surface area (Å²) in [5.41, 5.74) is 7.16. The van der Waals surface area contributed by atoms with Gasteiger partial charge in [-0.3, -0.25) is 19.8 Å². The second kappa shape index (κ2) is 11.7. The van der Waals surface area contributed by atoms with Crippen LogP contribution in [0.5, 0.6) is 0 Å². The van der Waals surface area contributed by atoms with Crippen molar-refractivity contribution in [3.8, 4) is 11.1 Å². The fourth-order valence-corrected chi connectivity index (χ4v) is 5.67. The Hall–Kier alpha value is -4.20. The first-order valence-electron chi connectivity index (χ1n) is 12.7. The predicted molar refractivity (Wildman–Crippen MR) is 146 cm³/mol. The van der Waals surface area contributed by atoms with Crippen molar-refractivity contribution in [3.05, 3.63) is 81.5 Å². The van der Waals surface area contributed by atoms with Gasteiger partial charge in [-0.2, -0.15) is 0 Å². The number of carbonyl (C=O) groups excluding carboxylic acids is 3. The topological polar surface area (TPSA) is 147 Å². The standard InChI is InChI=1S/C28H27F2N5O5S/c29-20-7-18(8-21(30)10-20)16-1-3-17(4-2-16)26(37)34-13-24(36)35-15-28(39-5-6-40-28)11-23(35)27(38)33-12-22-9-19(14-41-22)25(31)32/h1-4,7-10,14,23H,5-6,11-13,15H2,(H3,31,32)(H,33,38)(H,34,37)/t23-/m0/s1. The van der Waals surface area contributed by atoms with Crippen LogP contribution in [0.25, 0.3) is 11.1 Å². The van der Waals surface area contributed by atoms with Crippen LogP contribution in [0.2, 0.25) is 0 Å². The number of amidine groups is 1. The summed E-state index contributed by atoms with van der Waals surface area (Å²) in [4.78, 5) is 41.2. The van der Waals surface area contributed by atoms with Gasteiger partial charge in [-0.05, 0) is 41.5 Å². The summed E-state index contributed by atoms with van der Waals surface area (Å²) in [5.74, 6) is -3.99. The molecule has 10 nitrogen and oxygen atoms in total. The number of nitrogen functional groups attached to an aromatic ring is 1. The van der Waals surface area contributed by atoms with Gasteiger partial charge < -0.3 is 30.7 Å².